The first-order valence-corrected chi connectivity index (χ1v) is 5.15. The number of hydrogen-bond donors (Lipinski definition) is 0. The number of alkyl halides is 3. The fraction of sp³-hybridized carbons (Fsp3) is 0.182. The lowest BCUT2D eigenvalue weighted by molar-refractivity contribution is -0.142. The van der Waals surface area contributed by atoms with Gasteiger partial charge in [0.2, 0.25) is 5.28 Å². The molecule has 0 aliphatic rings. The van der Waals surface area contributed by atoms with Crippen LogP contribution in [-0.4, -0.2) is 9.55 Å². The van der Waals surface area contributed by atoms with E-state index in [1.54, 1.807) is 24.3 Å². The van der Waals surface area contributed by atoms with Crippen LogP contribution < -0.4 is 0 Å². The van der Waals surface area contributed by atoms with Gasteiger partial charge in [-0.1, -0.05) is 17.7 Å². The van der Waals surface area contributed by atoms with E-state index in [0.29, 0.717) is 5.69 Å². The summed E-state index contributed by atoms with van der Waals surface area (Å²) < 4.78 is 39.0. The van der Waals surface area contributed by atoms with Gasteiger partial charge in [0.1, 0.15) is 5.69 Å². The molecule has 2 nitrogen and oxygen atoms in total. The predicted molar refractivity (Wildman–Crippen MR) is 58.3 cm³/mol. The molecule has 6 heteroatoms. The van der Waals surface area contributed by atoms with E-state index in [-0.39, 0.29) is 5.28 Å². The molecule has 17 heavy (non-hydrogen) atoms. The molecule has 0 bridgehead atoms. The van der Waals surface area contributed by atoms with E-state index in [4.69, 9.17) is 11.6 Å². The minimum atomic E-state index is -4.48. The normalized spacial score (nSPS) is 11.8. The van der Waals surface area contributed by atoms with Gasteiger partial charge in [-0.3, -0.25) is 4.57 Å². The fourth-order valence-corrected chi connectivity index (χ4v) is 1.71. The molecule has 0 amide bonds. The zero-order chi connectivity index (χ0) is 12.6. The Balaban J connectivity index is 2.59. The predicted octanol–water partition coefficient (Wildman–Crippen LogP) is 3.85. The number of halogens is 4. The summed E-state index contributed by atoms with van der Waals surface area (Å²) in [6.07, 6.45) is -3.76. The van der Waals surface area contributed by atoms with Gasteiger partial charge in [-0.05, 0) is 30.7 Å². The average molecular weight is 261 g/mol. The number of rotatable bonds is 1. The zero-order valence-electron chi connectivity index (χ0n) is 8.79. The molecule has 0 saturated carbocycles. The van der Waals surface area contributed by atoms with Crippen molar-refractivity contribution in [3.8, 4) is 5.69 Å². The van der Waals surface area contributed by atoms with Crippen LogP contribution in [0.2, 0.25) is 5.28 Å². The molecule has 0 saturated heterocycles. The molecule has 90 valence electrons. The topological polar surface area (TPSA) is 17.8 Å². The summed E-state index contributed by atoms with van der Waals surface area (Å²) >= 11 is 5.68. The van der Waals surface area contributed by atoms with Crippen LogP contribution in [0, 0.1) is 6.92 Å². The Labute approximate surface area is 101 Å². The van der Waals surface area contributed by atoms with E-state index in [0.717, 1.165) is 16.3 Å². The van der Waals surface area contributed by atoms with Crippen LogP contribution >= 0.6 is 11.6 Å². The molecule has 0 fully saturated rings. The number of hydrogen-bond acceptors (Lipinski definition) is 1. The molecule has 2 aromatic rings. The summed E-state index contributed by atoms with van der Waals surface area (Å²) in [6, 6.07) is 6.56. The molecule has 1 aromatic carbocycles. The Kier molecular flexibility index (Phi) is 2.87. The molecule has 1 heterocycles. The Morgan fingerprint density at radius 3 is 2.29 bits per heavy atom. The van der Waals surface area contributed by atoms with Gasteiger partial charge >= 0.3 is 6.18 Å². The Morgan fingerprint density at radius 1 is 1.18 bits per heavy atom. The summed E-state index contributed by atoms with van der Waals surface area (Å²) in [5.41, 5.74) is 0.412. The van der Waals surface area contributed by atoms with Crippen molar-refractivity contribution in [2.75, 3.05) is 0 Å². The second-order valence-electron chi connectivity index (χ2n) is 3.58. The van der Waals surface area contributed by atoms with Gasteiger partial charge in [-0.2, -0.15) is 13.2 Å². The van der Waals surface area contributed by atoms with Crippen molar-refractivity contribution in [1.29, 1.82) is 0 Å². The van der Waals surface area contributed by atoms with Gasteiger partial charge in [0.15, 0.2) is 0 Å². The van der Waals surface area contributed by atoms with E-state index in [1.165, 1.54) is 0 Å². The lowest BCUT2D eigenvalue weighted by atomic mass is 10.2. The fourth-order valence-electron chi connectivity index (χ4n) is 1.47. The number of aryl methyl sites for hydroxylation is 1. The van der Waals surface area contributed by atoms with Crippen LogP contribution in [-0.2, 0) is 6.18 Å². The third-order valence-corrected chi connectivity index (χ3v) is 2.57. The van der Waals surface area contributed by atoms with Crippen molar-refractivity contribution in [2.24, 2.45) is 0 Å². The van der Waals surface area contributed by atoms with Crippen molar-refractivity contribution in [3.05, 3.63) is 47.0 Å². The smallest absolute Gasteiger partial charge is 0.279 e. The first kappa shape index (κ1) is 12.0. The van der Waals surface area contributed by atoms with Crippen molar-refractivity contribution < 1.29 is 13.2 Å². The van der Waals surface area contributed by atoms with Crippen molar-refractivity contribution in [3.63, 3.8) is 0 Å². The Hall–Kier alpha value is -1.49. The van der Waals surface area contributed by atoms with Crippen LogP contribution in [0.5, 0.6) is 0 Å². The zero-order valence-corrected chi connectivity index (χ0v) is 9.55. The molecule has 1 aromatic heterocycles. The summed E-state index contributed by atoms with van der Waals surface area (Å²) in [7, 11) is 0. The third-order valence-electron chi connectivity index (χ3n) is 2.30. The number of aromatic nitrogens is 2. The van der Waals surface area contributed by atoms with Crippen molar-refractivity contribution >= 4 is 11.6 Å². The lowest BCUT2D eigenvalue weighted by Crippen LogP contribution is -2.12. The van der Waals surface area contributed by atoms with Crippen LogP contribution in [0.3, 0.4) is 0 Å². The van der Waals surface area contributed by atoms with Crippen LogP contribution in [0.25, 0.3) is 5.69 Å². The Morgan fingerprint density at radius 2 is 1.76 bits per heavy atom. The molecule has 2 rings (SSSR count). The van der Waals surface area contributed by atoms with Crippen LogP contribution in [0.1, 0.15) is 11.3 Å². The molecule has 0 aliphatic heterocycles. The van der Waals surface area contributed by atoms with Crippen LogP contribution in [0.15, 0.2) is 30.5 Å². The highest BCUT2D eigenvalue weighted by molar-refractivity contribution is 6.28. The summed E-state index contributed by atoms with van der Waals surface area (Å²) in [5.74, 6) is 0. The maximum absolute atomic E-state index is 12.7. The summed E-state index contributed by atoms with van der Waals surface area (Å²) in [5, 5.41) is -0.207. The maximum atomic E-state index is 12.7. The number of nitrogens with zero attached hydrogens (tertiary/aromatic N) is 2. The van der Waals surface area contributed by atoms with Gasteiger partial charge in [0.25, 0.3) is 0 Å². The van der Waals surface area contributed by atoms with Gasteiger partial charge in [-0.15, -0.1) is 0 Å². The minimum absolute atomic E-state index is 0.207. The van der Waals surface area contributed by atoms with Crippen LogP contribution in [0.4, 0.5) is 13.2 Å². The van der Waals surface area contributed by atoms with Gasteiger partial charge in [-0.25, -0.2) is 4.98 Å². The number of imidazole rings is 1. The summed E-state index contributed by atoms with van der Waals surface area (Å²) in [4.78, 5) is 3.49. The third kappa shape index (κ3) is 2.29. The summed E-state index contributed by atoms with van der Waals surface area (Å²) in [6.45, 7) is 1.85. The number of benzene rings is 1. The highest BCUT2D eigenvalue weighted by atomic mass is 35.5. The molecule has 0 radical (unpaired) electrons. The lowest BCUT2D eigenvalue weighted by Gasteiger charge is -2.11. The average Bonchev–Trinajstić information content (AvgIpc) is 2.61. The second kappa shape index (κ2) is 4.07. The monoisotopic (exact) mass is 260 g/mol. The molecule has 0 unspecified atom stereocenters. The maximum Gasteiger partial charge on any atom is 0.433 e. The molecule has 0 aliphatic carbocycles. The highest BCUT2D eigenvalue weighted by Crippen LogP contribution is 2.33. The van der Waals surface area contributed by atoms with Crippen molar-refractivity contribution in [1.82, 2.24) is 9.55 Å². The van der Waals surface area contributed by atoms with Crippen molar-refractivity contribution in [2.45, 2.75) is 13.1 Å². The molecule has 0 atom stereocenters. The van der Waals surface area contributed by atoms with E-state index < -0.39 is 11.9 Å². The Bertz CT molecular complexity index is 529. The first-order valence-electron chi connectivity index (χ1n) is 4.77. The van der Waals surface area contributed by atoms with Gasteiger partial charge in [0.05, 0.1) is 6.20 Å². The first-order chi connectivity index (χ1) is 7.89. The molecule has 0 spiro atoms. The molecular weight excluding hydrogens is 253 g/mol. The SMILES string of the molecule is Cc1ccc(-n2c(C(F)(F)F)cnc2Cl)cc1. The largest absolute Gasteiger partial charge is 0.433 e. The molecular formula is C11H8ClF3N2. The van der Waals surface area contributed by atoms with E-state index in [9.17, 15) is 13.2 Å². The van der Waals surface area contributed by atoms with Gasteiger partial charge in [0, 0.05) is 5.69 Å². The minimum Gasteiger partial charge on any atom is -0.279 e. The van der Waals surface area contributed by atoms with Gasteiger partial charge < -0.3 is 0 Å². The quantitative estimate of drug-likeness (QED) is 0.761. The highest BCUT2D eigenvalue weighted by Gasteiger charge is 2.36. The molecule has 0 N–H and O–H groups in total. The second-order valence-corrected chi connectivity index (χ2v) is 3.92. The standard InChI is InChI=1S/C11H8ClF3N2/c1-7-2-4-8(5-3-7)17-9(11(13,14)15)6-16-10(17)12/h2-6H,1H3. The van der Waals surface area contributed by atoms with E-state index in [1.807, 2.05) is 6.92 Å². The van der Waals surface area contributed by atoms with E-state index >= 15 is 0 Å². The van der Waals surface area contributed by atoms with E-state index in [2.05, 4.69) is 4.98 Å².